The lowest BCUT2D eigenvalue weighted by molar-refractivity contribution is 0.276. The predicted molar refractivity (Wildman–Crippen MR) is 75.2 cm³/mol. The fraction of sp³-hybridized carbons (Fsp3) is 0.500. The summed E-state index contributed by atoms with van der Waals surface area (Å²) in [6, 6.07) is 4.17. The second kappa shape index (κ2) is 5.58. The predicted octanol–water partition coefficient (Wildman–Crippen LogP) is 1.73. The van der Waals surface area contributed by atoms with Crippen LogP contribution in [0.4, 0.5) is 5.82 Å². The second-order valence-electron chi connectivity index (χ2n) is 5.20. The molecule has 6 nitrogen and oxygen atoms in total. The highest BCUT2D eigenvalue weighted by atomic mass is 16.3. The number of aryl methyl sites for hydroxylation is 1. The number of H-pyrrole nitrogens is 1. The van der Waals surface area contributed by atoms with Crippen molar-refractivity contribution in [2.75, 3.05) is 11.4 Å². The molecule has 1 saturated heterocycles. The number of aliphatic hydroxyl groups excluding tert-OH is 1. The van der Waals surface area contributed by atoms with E-state index in [9.17, 15) is 0 Å². The molecule has 3 heterocycles. The van der Waals surface area contributed by atoms with Crippen LogP contribution in [0.25, 0.3) is 0 Å². The van der Waals surface area contributed by atoms with E-state index in [0.717, 1.165) is 42.3 Å². The summed E-state index contributed by atoms with van der Waals surface area (Å²) in [4.78, 5) is 10.8. The first-order chi connectivity index (χ1) is 9.78. The Bertz CT molecular complexity index is 582. The first-order valence-corrected chi connectivity index (χ1v) is 6.98. The summed E-state index contributed by atoms with van der Waals surface area (Å²) < 4.78 is 0. The van der Waals surface area contributed by atoms with Crippen molar-refractivity contribution in [3.63, 3.8) is 0 Å². The van der Waals surface area contributed by atoms with Gasteiger partial charge in [0.1, 0.15) is 12.1 Å². The Kier molecular flexibility index (Phi) is 3.64. The second-order valence-corrected chi connectivity index (χ2v) is 5.20. The smallest absolute Gasteiger partial charge is 0.132 e. The van der Waals surface area contributed by atoms with E-state index < -0.39 is 0 Å². The number of aliphatic hydroxyl groups is 1. The average Bonchev–Trinajstić information content (AvgIpc) is 2.96. The Morgan fingerprint density at radius 3 is 3.00 bits per heavy atom. The minimum absolute atomic E-state index is 0.00760. The van der Waals surface area contributed by atoms with E-state index in [4.69, 9.17) is 5.11 Å². The first kappa shape index (κ1) is 13.1. The van der Waals surface area contributed by atoms with Crippen molar-refractivity contribution in [3.8, 4) is 0 Å². The molecule has 1 atom stereocenters. The highest BCUT2D eigenvalue weighted by molar-refractivity contribution is 5.42. The third kappa shape index (κ3) is 2.51. The number of hydrogen-bond acceptors (Lipinski definition) is 5. The first-order valence-electron chi connectivity index (χ1n) is 6.98. The monoisotopic (exact) mass is 273 g/mol. The maximum Gasteiger partial charge on any atom is 0.132 e. The number of piperidine rings is 1. The van der Waals surface area contributed by atoms with Gasteiger partial charge in [0.25, 0.3) is 0 Å². The SMILES string of the molecule is Cc1cc(N2CCCCC2c2cc(CO)[nH]n2)ncn1. The van der Waals surface area contributed by atoms with Crippen LogP contribution < -0.4 is 4.90 Å². The molecule has 0 radical (unpaired) electrons. The van der Waals surface area contributed by atoms with Gasteiger partial charge in [-0.25, -0.2) is 9.97 Å². The highest BCUT2D eigenvalue weighted by Gasteiger charge is 2.27. The molecular formula is C14H19N5O. The molecule has 0 bridgehead atoms. The number of hydrogen-bond donors (Lipinski definition) is 2. The van der Waals surface area contributed by atoms with Crippen LogP contribution in [0.2, 0.25) is 0 Å². The molecule has 0 spiro atoms. The van der Waals surface area contributed by atoms with Crippen molar-refractivity contribution in [2.24, 2.45) is 0 Å². The van der Waals surface area contributed by atoms with Crippen LogP contribution >= 0.6 is 0 Å². The summed E-state index contributed by atoms with van der Waals surface area (Å²) in [7, 11) is 0. The van der Waals surface area contributed by atoms with E-state index >= 15 is 0 Å². The van der Waals surface area contributed by atoms with Gasteiger partial charge in [0.2, 0.25) is 0 Å². The summed E-state index contributed by atoms with van der Waals surface area (Å²) in [5.41, 5.74) is 2.70. The zero-order valence-corrected chi connectivity index (χ0v) is 11.6. The van der Waals surface area contributed by atoms with Crippen LogP contribution in [0.5, 0.6) is 0 Å². The molecule has 1 aliphatic heterocycles. The molecule has 0 amide bonds. The molecule has 106 valence electrons. The van der Waals surface area contributed by atoms with Crippen LogP contribution in [0.15, 0.2) is 18.5 Å². The molecule has 3 rings (SSSR count). The topological polar surface area (TPSA) is 77.9 Å². The van der Waals surface area contributed by atoms with Crippen LogP contribution in [0, 0.1) is 6.92 Å². The van der Waals surface area contributed by atoms with E-state index in [1.807, 2.05) is 19.1 Å². The van der Waals surface area contributed by atoms with E-state index in [1.165, 1.54) is 6.42 Å². The summed E-state index contributed by atoms with van der Waals surface area (Å²) >= 11 is 0. The fourth-order valence-electron chi connectivity index (χ4n) is 2.74. The van der Waals surface area contributed by atoms with Crippen molar-refractivity contribution in [1.82, 2.24) is 20.2 Å². The van der Waals surface area contributed by atoms with Gasteiger partial charge in [0.15, 0.2) is 0 Å². The van der Waals surface area contributed by atoms with Gasteiger partial charge in [-0.3, -0.25) is 5.10 Å². The summed E-state index contributed by atoms with van der Waals surface area (Å²) in [5, 5.41) is 16.4. The molecule has 1 aliphatic rings. The molecule has 6 heteroatoms. The summed E-state index contributed by atoms with van der Waals surface area (Å²) in [6.07, 6.45) is 5.02. The molecule has 0 aliphatic carbocycles. The molecule has 20 heavy (non-hydrogen) atoms. The largest absolute Gasteiger partial charge is 0.390 e. The van der Waals surface area contributed by atoms with Crippen molar-refractivity contribution >= 4 is 5.82 Å². The van der Waals surface area contributed by atoms with Crippen LogP contribution in [0.1, 0.15) is 42.4 Å². The number of aromatic amines is 1. The van der Waals surface area contributed by atoms with Gasteiger partial charge in [-0.1, -0.05) is 0 Å². The quantitative estimate of drug-likeness (QED) is 0.890. The summed E-state index contributed by atoms with van der Waals surface area (Å²) in [5.74, 6) is 0.954. The molecular weight excluding hydrogens is 254 g/mol. The van der Waals surface area contributed by atoms with Gasteiger partial charge >= 0.3 is 0 Å². The average molecular weight is 273 g/mol. The van der Waals surface area contributed by atoms with Crippen molar-refractivity contribution < 1.29 is 5.11 Å². The summed E-state index contributed by atoms with van der Waals surface area (Å²) in [6.45, 7) is 2.94. The van der Waals surface area contributed by atoms with E-state index in [-0.39, 0.29) is 12.6 Å². The van der Waals surface area contributed by atoms with Gasteiger partial charge in [-0.15, -0.1) is 0 Å². The third-order valence-electron chi connectivity index (χ3n) is 3.75. The van der Waals surface area contributed by atoms with Crippen molar-refractivity contribution in [3.05, 3.63) is 35.5 Å². The Labute approximate surface area is 117 Å². The number of nitrogens with one attached hydrogen (secondary N) is 1. The molecule has 1 unspecified atom stereocenters. The van der Waals surface area contributed by atoms with Crippen LogP contribution in [0.3, 0.4) is 0 Å². The van der Waals surface area contributed by atoms with Crippen LogP contribution in [-0.2, 0) is 6.61 Å². The number of aromatic nitrogens is 4. The normalized spacial score (nSPS) is 19.3. The number of nitrogens with zero attached hydrogens (tertiary/aromatic N) is 4. The van der Waals surface area contributed by atoms with E-state index in [0.29, 0.717) is 0 Å². The van der Waals surface area contributed by atoms with Crippen molar-refractivity contribution in [1.29, 1.82) is 0 Å². The molecule has 0 saturated carbocycles. The van der Waals surface area contributed by atoms with Crippen LogP contribution in [-0.4, -0.2) is 31.8 Å². The molecule has 2 aromatic heterocycles. The number of anilines is 1. The highest BCUT2D eigenvalue weighted by Crippen LogP contribution is 2.33. The van der Waals surface area contributed by atoms with Gasteiger partial charge < -0.3 is 10.0 Å². The van der Waals surface area contributed by atoms with Crippen molar-refractivity contribution in [2.45, 2.75) is 38.8 Å². The zero-order chi connectivity index (χ0) is 13.9. The lowest BCUT2D eigenvalue weighted by atomic mass is 9.99. The maximum atomic E-state index is 9.16. The fourth-order valence-corrected chi connectivity index (χ4v) is 2.74. The van der Waals surface area contributed by atoms with E-state index in [2.05, 4.69) is 25.1 Å². The lowest BCUT2D eigenvalue weighted by Crippen LogP contribution is -2.34. The molecule has 0 aromatic carbocycles. The Balaban J connectivity index is 1.90. The number of rotatable bonds is 3. The van der Waals surface area contributed by atoms with Gasteiger partial charge in [-0.05, 0) is 32.3 Å². The molecule has 1 fully saturated rings. The molecule has 2 aromatic rings. The van der Waals surface area contributed by atoms with E-state index in [1.54, 1.807) is 6.33 Å². The Hall–Kier alpha value is -1.95. The standard InChI is InChI=1S/C14H19N5O/c1-10-6-14(16-9-15-10)19-5-3-2-4-13(19)12-7-11(8-20)17-18-12/h6-7,9,13,20H,2-5,8H2,1H3,(H,17,18). The maximum absolute atomic E-state index is 9.16. The van der Waals surface area contributed by atoms with Gasteiger partial charge in [0, 0.05) is 18.3 Å². The lowest BCUT2D eigenvalue weighted by Gasteiger charge is -2.35. The minimum Gasteiger partial charge on any atom is -0.390 e. The Morgan fingerprint density at radius 2 is 2.25 bits per heavy atom. The molecule has 2 N–H and O–H groups in total. The van der Waals surface area contributed by atoms with Gasteiger partial charge in [0.05, 0.1) is 24.0 Å². The van der Waals surface area contributed by atoms with Gasteiger partial charge in [-0.2, -0.15) is 5.10 Å². The third-order valence-corrected chi connectivity index (χ3v) is 3.75. The Morgan fingerprint density at radius 1 is 1.35 bits per heavy atom. The zero-order valence-electron chi connectivity index (χ0n) is 11.6. The minimum atomic E-state index is -0.00760.